The Morgan fingerprint density at radius 1 is 1.20 bits per heavy atom. The number of aryl methyl sites for hydroxylation is 2. The van der Waals surface area contributed by atoms with Crippen molar-refractivity contribution < 1.29 is 13.9 Å². The van der Waals surface area contributed by atoms with E-state index in [1.165, 1.54) is 0 Å². The highest BCUT2D eigenvalue weighted by Crippen LogP contribution is 2.31. The van der Waals surface area contributed by atoms with E-state index in [0.29, 0.717) is 24.7 Å². The van der Waals surface area contributed by atoms with E-state index in [9.17, 15) is 13.9 Å². The maximum absolute atomic E-state index is 13.0. The number of rotatable bonds is 8. The summed E-state index contributed by atoms with van der Waals surface area (Å²) in [6.07, 6.45) is -3.37. The van der Waals surface area contributed by atoms with Gasteiger partial charge < -0.3 is 14.9 Å². The van der Waals surface area contributed by atoms with Crippen molar-refractivity contribution in [1.82, 2.24) is 29.6 Å². The molecule has 0 aliphatic carbocycles. The molecule has 0 spiro atoms. The number of likely N-dealkylation sites (N-methyl/N-ethyl adjacent to an activating group) is 1. The second-order valence-corrected chi connectivity index (χ2v) is 7.19. The molecule has 1 saturated heterocycles. The molecule has 0 aromatic carbocycles. The van der Waals surface area contributed by atoms with Crippen LogP contribution in [0.1, 0.15) is 23.6 Å². The molecule has 3 rings (SSSR count). The number of aliphatic hydroxyl groups excluding tert-OH is 1. The van der Waals surface area contributed by atoms with E-state index in [4.69, 9.17) is 0 Å². The first-order valence-electron chi connectivity index (χ1n) is 9.37. The fraction of sp³-hybridized carbons (Fsp3) is 0.400. The average Bonchev–Trinajstić information content (AvgIpc) is 3.06. The van der Waals surface area contributed by atoms with Crippen LogP contribution >= 0.6 is 0 Å². The summed E-state index contributed by atoms with van der Waals surface area (Å²) in [5.41, 5.74) is 1.70. The molecule has 3 heterocycles. The Kier molecular flexibility index (Phi) is 5.97. The van der Waals surface area contributed by atoms with E-state index in [-0.39, 0.29) is 23.4 Å². The number of aromatic nitrogens is 5. The Hall–Kier alpha value is -3.14. The van der Waals surface area contributed by atoms with E-state index in [0.717, 1.165) is 16.1 Å². The normalized spacial score (nSPS) is 15.1. The lowest BCUT2D eigenvalue weighted by Crippen LogP contribution is -2.50. The van der Waals surface area contributed by atoms with Crippen LogP contribution in [0.25, 0.3) is 5.82 Å². The summed E-state index contributed by atoms with van der Waals surface area (Å²) in [4.78, 5) is 16.6. The van der Waals surface area contributed by atoms with E-state index in [2.05, 4.69) is 39.8 Å². The zero-order valence-corrected chi connectivity index (χ0v) is 17.3. The summed E-state index contributed by atoms with van der Waals surface area (Å²) >= 11 is 0. The van der Waals surface area contributed by atoms with E-state index in [1.54, 1.807) is 26.0 Å². The molecule has 1 aliphatic rings. The van der Waals surface area contributed by atoms with Crippen molar-refractivity contribution in [2.45, 2.75) is 26.4 Å². The Bertz CT molecular complexity index is 982. The van der Waals surface area contributed by atoms with Crippen molar-refractivity contribution >= 4 is 5.82 Å². The van der Waals surface area contributed by atoms with Gasteiger partial charge in [0.25, 0.3) is 6.43 Å². The molecular formula is C20H25F2N7O. The second kappa shape index (κ2) is 8.31. The number of hydrogen-bond acceptors (Lipinski definition) is 7. The van der Waals surface area contributed by atoms with Crippen LogP contribution < -0.4 is 4.90 Å². The van der Waals surface area contributed by atoms with Crippen molar-refractivity contribution in [1.29, 1.82) is 0 Å². The predicted octanol–water partition coefficient (Wildman–Crippen LogP) is 2.55. The molecule has 1 unspecified atom stereocenters. The van der Waals surface area contributed by atoms with Crippen LogP contribution in [0.4, 0.5) is 14.6 Å². The third kappa shape index (κ3) is 4.09. The van der Waals surface area contributed by atoms with Gasteiger partial charge in [-0.2, -0.15) is 4.68 Å². The summed E-state index contributed by atoms with van der Waals surface area (Å²) in [5, 5.41) is 13.9. The number of anilines is 1. The van der Waals surface area contributed by atoms with E-state index < -0.39 is 12.5 Å². The number of aliphatic hydroxyl groups is 1. The van der Waals surface area contributed by atoms with Crippen LogP contribution in [0.2, 0.25) is 0 Å². The summed E-state index contributed by atoms with van der Waals surface area (Å²) in [6, 6.07) is 1.65. The smallest absolute Gasteiger partial charge is 0.271 e. The monoisotopic (exact) mass is 417 g/mol. The van der Waals surface area contributed by atoms with Gasteiger partial charge in [0.1, 0.15) is 17.5 Å². The first-order chi connectivity index (χ1) is 14.1. The fourth-order valence-electron chi connectivity index (χ4n) is 3.18. The molecule has 0 radical (unpaired) electrons. The van der Waals surface area contributed by atoms with Crippen LogP contribution in [-0.2, 0) is 0 Å². The standard InChI is InChI=1S/C20H25F2N7O/c1-7-11(2)27(6)12(3)15-9-28(10-15)16-8-17(24-13(4)23-16)29-20(18(30)19(21)22)25-14(5)26-29/h7-8,15,18-19,30H,1-3,9-10H2,4-6H3. The largest absolute Gasteiger partial charge is 0.379 e. The van der Waals surface area contributed by atoms with Crippen LogP contribution in [0, 0.1) is 19.8 Å². The molecule has 1 atom stereocenters. The molecule has 1 fully saturated rings. The summed E-state index contributed by atoms with van der Waals surface area (Å²) in [7, 11) is 1.89. The molecular weight excluding hydrogens is 392 g/mol. The maximum Gasteiger partial charge on any atom is 0.271 e. The lowest BCUT2D eigenvalue weighted by molar-refractivity contribution is -0.0121. The highest BCUT2D eigenvalue weighted by molar-refractivity contribution is 5.48. The Balaban J connectivity index is 1.83. The first kappa shape index (κ1) is 21.6. The molecule has 1 N–H and O–H groups in total. The number of hydrogen-bond donors (Lipinski definition) is 1. The average molecular weight is 417 g/mol. The molecule has 0 saturated carbocycles. The summed E-state index contributed by atoms with van der Waals surface area (Å²) < 4.78 is 27.2. The minimum atomic E-state index is -2.99. The fourth-order valence-corrected chi connectivity index (χ4v) is 3.18. The van der Waals surface area contributed by atoms with Gasteiger partial charge in [-0.3, -0.25) is 0 Å². The van der Waals surface area contributed by atoms with Crippen molar-refractivity contribution in [2.75, 3.05) is 25.0 Å². The van der Waals surface area contributed by atoms with Gasteiger partial charge in [-0.1, -0.05) is 19.7 Å². The van der Waals surface area contributed by atoms with Crippen LogP contribution in [0.3, 0.4) is 0 Å². The predicted molar refractivity (Wildman–Crippen MR) is 109 cm³/mol. The van der Waals surface area contributed by atoms with Crippen molar-refractivity contribution in [3.8, 4) is 5.82 Å². The van der Waals surface area contributed by atoms with E-state index >= 15 is 0 Å². The van der Waals surface area contributed by atoms with Crippen LogP contribution in [0.5, 0.6) is 0 Å². The quantitative estimate of drug-likeness (QED) is 0.661. The number of nitrogens with zero attached hydrogens (tertiary/aromatic N) is 7. The van der Waals surface area contributed by atoms with Gasteiger partial charge in [-0.05, 0) is 19.9 Å². The van der Waals surface area contributed by atoms with E-state index in [1.807, 2.05) is 16.8 Å². The number of allylic oxidation sites excluding steroid dienone is 1. The molecule has 160 valence electrons. The van der Waals surface area contributed by atoms with Crippen LogP contribution in [0.15, 0.2) is 43.3 Å². The molecule has 0 amide bonds. The Labute approximate surface area is 173 Å². The lowest BCUT2D eigenvalue weighted by Gasteiger charge is -2.43. The molecule has 0 bridgehead atoms. The third-order valence-electron chi connectivity index (χ3n) is 5.04. The lowest BCUT2D eigenvalue weighted by atomic mass is 9.96. The number of alkyl halides is 2. The minimum Gasteiger partial charge on any atom is -0.379 e. The molecule has 10 heteroatoms. The van der Waals surface area contributed by atoms with Crippen molar-refractivity contribution in [3.05, 3.63) is 60.7 Å². The Morgan fingerprint density at radius 3 is 2.43 bits per heavy atom. The molecule has 30 heavy (non-hydrogen) atoms. The maximum atomic E-state index is 13.0. The van der Waals surface area contributed by atoms with Gasteiger partial charge in [0.15, 0.2) is 17.7 Å². The van der Waals surface area contributed by atoms with Crippen molar-refractivity contribution in [2.24, 2.45) is 5.92 Å². The molecule has 8 nitrogen and oxygen atoms in total. The number of halogens is 2. The second-order valence-electron chi connectivity index (χ2n) is 7.19. The zero-order valence-electron chi connectivity index (χ0n) is 17.3. The van der Waals surface area contributed by atoms with Gasteiger partial charge in [0, 0.05) is 43.5 Å². The summed E-state index contributed by atoms with van der Waals surface area (Å²) in [5.74, 6) is 1.58. The van der Waals surface area contributed by atoms with Gasteiger partial charge in [0.05, 0.1) is 0 Å². The third-order valence-corrected chi connectivity index (χ3v) is 5.04. The van der Waals surface area contributed by atoms with Crippen molar-refractivity contribution in [3.63, 3.8) is 0 Å². The van der Waals surface area contributed by atoms with Gasteiger partial charge >= 0.3 is 0 Å². The van der Waals surface area contributed by atoms with Gasteiger partial charge in [-0.25, -0.2) is 23.7 Å². The highest BCUT2D eigenvalue weighted by atomic mass is 19.3. The molecule has 1 aliphatic heterocycles. The molecule has 2 aromatic rings. The topological polar surface area (TPSA) is 83.2 Å². The zero-order chi connectivity index (χ0) is 22.2. The summed E-state index contributed by atoms with van der Waals surface area (Å²) in [6.45, 7) is 16.4. The van der Waals surface area contributed by atoms with Gasteiger partial charge in [-0.15, -0.1) is 5.10 Å². The SMILES string of the molecule is C=CC(=C)N(C)C(=C)C1CN(c2cc(-n3nc(C)nc3C(O)C(F)F)nc(C)n2)C1. The first-order valence-corrected chi connectivity index (χ1v) is 9.37. The van der Waals surface area contributed by atoms with Crippen LogP contribution in [-0.4, -0.2) is 61.3 Å². The Morgan fingerprint density at radius 2 is 1.83 bits per heavy atom. The van der Waals surface area contributed by atoms with Gasteiger partial charge in [0.2, 0.25) is 0 Å². The highest BCUT2D eigenvalue weighted by Gasteiger charge is 2.33. The minimum absolute atomic E-state index is 0.218. The molecule has 2 aromatic heterocycles.